The van der Waals surface area contributed by atoms with Crippen molar-refractivity contribution in [3.63, 3.8) is 0 Å². The molecule has 0 radical (unpaired) electrons. The molecular formula is C14H19F2NO2. The van der Waals surface area contributed by atoms with Crippen LogP contribution in [0.4, 0.5) is 8.78 Å². The number of hydrogen-bond donors (Lipinski definition) is 1. The van der Waals surface area contributed by atoms with Crippen LogP contribution >= 0.6 is 0 Å². The smallest absolute Gasteiger partial charge is 0.387 e. The predicted molar refractivity (Wildman–Crippen MR) is 68.4 cm³/mol. The van der Waals surface area contributed by atoms with Gasteiger partial charge in [-0.25, -0.2) is 0 Å². The van der Waals surface area contributed by atoms with Crippen LogP contribution in [0.25, 0.3) is 0 Å². The second kappa shape index (κ2) is 7.40. The zero-order chi connectivity index (χ0) is 13.5. The number of hydrogen-bond acceptors (Lipinski definition) is 3. The molecule has 5 heteroatoms. The molecule has 1 atom stereocenters. The summed E-state index contributed by atoms with van der Waals surface area (Å²) >= 11 is 0. The maximum atomic E-state index is 12.3. The Labute approximate surface area is 111 Å². The van der Waals surface area contributed by atoms with Gasteiger partial charge in [0.1, 0.15) is 5.75 Å². The largest absolute Gasteiger partial charge is 0.434 e. The first-order valence-electron chi connectivity index (χ1n) is 6.59. The molecule has 0 saturated carbocycles. The second-order valence-corrected chi connectivity index (χ2v) is 4.61. The Balaban J connectivity index is 1.90. The average Bonchev–Trinajstić information content (AvgIpc) is 2.65. The molecule has 0 aliphatic carbocycles. The summed E-state index contributed by atoms with van der Waals surface area (Å²) in [6.45, 7) is -0.684. The zero-order valence-corrected chi connectivity index (χ0v) is 10.8. The number of ether oxygens (including phenoxy) is 2. The summed E-state index contributed by atoms with van der Waals surface area (Å²) in [5.41, 5.74) is 0.757. The van der Waals surface area contributed by atoms with E-state index < -0.39 is 6.61 Å². The first-order chi connectivity index (χ1) is 9.25. The molecule has 2 rings (SSSR count). The molecule has 0 bridgehead atoms. The lowest BCUT2D eigenvalue weighted by atomic mass is 10.1. The van der Waals surface area contributed by atoms with Crippen molar-refractivity contribution in [3.8, 4) is 5.75 Å². The van der Waals surface area contributed by atoms with Gasteiger partial charge in [-0.1, -0.05) is 18.2 Å². The number of para-hydroxylation sites is 1. The lowest BCUT2D eigenvalue weighted by Crippen LogP contribution is -2.29. The quantitative estimate of drug-likeness (QED) is 0.893. The van der Waals surface area contributed by atoms with Gasteiger partial charge in [0.2, 0.25) is 0 Å². The minimum Gasteiger partial charge on any atom is -0.434 e. The summed E-state index contributed by atoms with van der Waals surface area (Å²) in [5.74, 6) is 0.245. The van der Waals surface area contributed by atoms with Crippen molar-refractivity contribution in [1.82, 2.24) is 5.32 Å². The van der Waals surface area contributed by atoms with Crippen LogP contribution in [0.15, 0.2) is 24.3 Å². The van der Waals surface area contributed by atoms with Crippen molar-refractivity contribution in [2.45, 2.75) is 38.5 Å². The van der Waals surface area contributed by atoms with Crippen molar-refractivity contribution >= 4 is 0 Å². The Bertz CT molecular complexity index is 379. The van der Waals surface area contributed by atoms with Crippen LogP contribution < -0.4 is 10.1 Å². The third-order valence-electron chi connectivity index (χ3n) is 3.22. The zero-order valence-electron chi connectivity index (χ0n) is 10.8. The molecule has 1 aromatic rings. The second-order valence-electron chi connectivity index (χ2n) is 4.61. The van der Waals surface area contributed by atoms with Gasteiger partial charge in [0.25, 0.3) is 0 Å². The molecular weight excluding hydrogens is 252 g/mol. The Morgan fingerprint density at radius 1 is 1.26 bits per heavy atom. The lowest BCUT2D eigenvalue weighted by Gasteiger charge is -2.17. The number of alkyl halides is 2. The number of benzene rings is 1. The van der Waals surface area contributed by atoms with Crippen molar-refractivity contribution < 1.29 is 18.3 Å². The van der Waals surface area contributed by atoms with Gasteiger partial charge in [-0.3, -0.25) is 0 Å². The Hall–Kier alpha value is -1.20. The Kier molecular flexibility index (Phi) is 5.54. The van der Waals surface area contributed by atoms with Crippen molar-refractivity contribution in [2.75, 3.05) is 13.2 Å². The van der Waals surface area contributed by atoms with Gasteiger partial charge < -0.3 is 14.8 Å². The van der Waals surface area contributed by atoms with Gasteiger partial charge in [-0.05, 0) is 25.3 Å². The third-order valence-corrected chi connectivity index (χ3v) is 3.22. The third kappa shape index (κ3) is 4.76. The monoisotopic (exact) mass is 271 g/mol. The normalized spacial score (nSPS) is 20.3. The van der Waals surface area contributed by atoms with Crippen LogP contribution in [-0.2, 0) is 11.3 Å². The molecule has 1 heterocycles. The van der Waals surface area contributed by atoms with Gasteiger partial charge in [0.15, 0.2) is 0 Å². The molecule has 1 N–H and O–H groups in total. The molecule has 1 aromatic carbocycles. The first-order valence-corrected chi connectivity index (χ1v) is 6.59. The van der Waals surface area contributed by atoms with Gasteiger partial charge in [-0.2, -0.15) is 8.78 Å². The van der Waals surface area contributed by atoms with E-state index in [1.165, 1.54) is 0 Å². The summed E-state index contributed by atoms with van der Waals surface area (Å²) < 4.78 is 34.5. The molecule has 19 heavy (non-hydrogen) atoms. The van der Waals surface area contributed by atoms with Crippen LogP contribution in [0.2, 0.25) is 0 Å². The molecule has 3 nitrogen and oxygen atoms in total. The molecule has 0 aromatic heterocycles. The molecule has 1 unspecified atom stereocenters. The van der Waals surface area contributed by atoms with E-state index >= 15 is 0 Å². The fourth-order valence-electron chi connectivity index (χ4n) is 2.22. The molecule has 0 amide bonds. The van der Waals surface area contributed by atoms with Crippen LogP contribution in [0.5, 0.6) is 5.75 Å². The number of rotatable bonds is 5. The van der Waals surface area contributed by atoms with Gasteiger partial charge >= 0.3 is 6.61 Å². The summed E-state index contributed by atoms with van der Waals surface area (Å²) in [6.07, 6.45) is 3.04. The molecule has 0 spiro atoms. The van der Waals surface area contributed by atoms with Gasteiger partial charge in [0, 0.05) is 31.4 Å². The minimum atomic E-state index is -2.78. The topological polar surface area (TPSA) is 30.5 Å². The maximum Gasteiger partial charge on any atom is 0.387 e. The van der Waals surface area contributed by atoms with Crippen LogP contribution in [0, 0.1) is 0 Å². The fraction of sp³-hybridized carbons (Fsp3) is 0.571. The summed E-state index contributed by atoms with van der Waals surface area (Å²) in [5, 5.41) is 3.39. The van der Waals surface area contributed by atoms with Gasteiger partial charge in [-0.15, -0.1) is 0 Å². The highest BCUT2D eigenvalue weighted by atomic mass is 19.3. The maximum absolute atomic E-state index is 12.3. The van der Waals surface area contributed by atoms with E-state index in [4.69, 9.17) is 4.74 Å². The first kappa shape index (κ1) is 14.2. The van der Waals surface area contributed by atoms with E-state index in [0.717, 1.165) is 38.0 Å². The van der Waals surface area contributed by atoms with Crippen molar-refractivity contribution in [3.05, 3.63) is 29.8 Å². The molecule has 1 aliphatic heterocycles. The SMILES string of the molecule is FC(F)Oc1ccccc1CNC1CCCOCC1. The van der Waals surface area contributed by atoms with E-state index in [1.807, 2.05) is 6.07 Å². The van der Waals surface area contributed by atoms with E-state index in [1.54, 1.807) is 18.2 Å². The number of halogens is 2. The fourth-order valence-corrected chi connectivity index (χ4v) is 2.22. The standard InChI is InChI=1S/C14H19F2NO2/c15-14(16)19-13-6-2-1-4-11(13)10-17-12-5-3-8-18-9-7-12/h1-2,4,6,12,14,17H,3,5,7-10H2. The van der Waals surface area contributed by atoms with E-state index in [9.17, 15) is 8.78 Å². The molecule has 106 valence electrons. The number of nitrogens with one attached hydrogen (secondary N) is 1. The highest BCUT2D eigenvalue weighted by Crippen LogP contribution is 2.20. The van der Waals surface area contributed by atoms with E-state index in [0.29, 0.717) is 12.6 Å². The van der Waals surface area contributed by atoms with Crippen molar-refractivity contribution in [2.24, 2.45) is 0 Å². The summed E-state index contributed by atoms with van der Waals surface area (Å²) in [7, 11) is 0. The molecule has 1 aliphatic rings. The van der Waals surface area contributed by atoms with E-state index in [-0.39, 0.29) is 5.75 Å². The average molecular weight is 271 g/mol. The molecule has 1 saturated heterocycles. The van der Waals surface area contributed by atoms with Crippen molar-refractivity contribution in [1.29, 1.82) is 0 Å². The summed E-state index contributed by atoms with van der Waals surface area (Å²) in [4.78, 5) is 0. The van der Waals surface area contributed by atoms with Crippen LogP contribution in [0.1, 0.15) is 24.8 Å². The van der Waals surface area contributed by atoms with E-state index in [2.05, 4.69) is 10.1 Å². The van der Waals surface area contributed by atoms with Gasteiger partial charge in [0.05, 0.1) is 0 Å². The van der Waals surface area contributed by atoms with Crippen LogP contribution in [-0.4, -0.2) is 25.9 Å². The Morgan fingerprint density at radius 2 is 2.11 bits per heavy atom. The lowest BCUT2D eigenvalue weighted by molar-refractivity contribution is -0.0505. The summed E-state index contributed by atoms with van der Waals surface area (Å²) in [6, 6.07) is 7.27. The Morgan fingerprint density at radius 3 is 2.95 bits per heavy atom. The molecule has 1 fully saturated rings. The highest BCUT2D eigenvalue weighted by molar-refractivity contribution is 5.33. The predicted octanol–water partition coefficient (Wildman–Crippen LogP) is 2.95. The van der Waals surface area contributed by atoms with Crippen LogP contribution in [0.3, 0.4) is 0 Å². The minimum absolute atomic E-state index is 0.245. The highest BCUT2D eigenvalue weighted by Gasteiger charge is 2.13.